The van der Waals surface area contributed by atoms with Gasteiger partial charge in [0.1, 0.15) is 11.4 Å². The molecule has 0 bridgehead atoms. The summed E-state index contributed by atoms with van der Waals surface area (Å²) in [5.74, 6) is -0.388. The number of aromatic carboxylic acids is 1. The quantitative estimate of drug-likeness (QED) is 0.156. The van der Waals surface area contributed by atoms with Crippen LogP contribution in [-0.4, -0.2) is 53.9 Å². The summed E-state index contributed by atoms with van der Waals surface area (Å²) in [6.07, 6.45) is 2.60. The summed E-state index contributed by atoms with van der Waals surface area (Å²) in [7, 11) is 1.92. The zero-order valence-corrected chi connectivity index (χ0v) is 29.7. The molecule has 1 amide bonds. The summed E-state index contributed by atoms with van der Waals surface area (Å²) < 4.78 is 10.2. The number of amides is 1. The first-order chi connectivity index (χ1) is 22.8. The van der Waals surface area contributed by atoms with E-state index in [4.69, 9.17) is 33.0 Å². The lowest BCUT2D eigenvalue weighted by Crippen LogP contribution is -2.48. The molecule has 2 atom stereocenters. The molecule has 1 aliphatic rings. The number of nitrogens with zero attached hydrogens (tertiary/aromatic N) is 5. The number of rotatable bonds is 9. The predicted octanol–water partition coefficient (Wildman–Crippen LogP) is 8.29. The van der Waals surface area contributed by atoms with E-state index in [1.54, 1.807) is 6.07 Å². The molecule has 0 radical (unpaired) electrons. The molecule has 1 N–H and O–H groups in total. The second-order valence-electron chi connectivity index (χ2n) is 12.8. The Labute approximate surface area is 290 Å². The van der Waals surface area contributed by atoms with E-state index in [1.165, 1.54) is 12.3 Å². The highest BCUT2D eigenvalue weighted by Gasteiger charge is 2.40. The Morgan fingerprint density at radius 3 is 2.31 bits per heavy atom. The van der Waals surface area contributed by atoms with Gasteiger partial charge in [-0.1, -0.05) is 29.3 Å². The van der Waals surface area contributed by atoms with E-state index in [-0.39, 0.29) is 30.1 Å². The third kappa shape index (κ3) is 5.73. The van der Waals surface area contributed by atoms with E-state index in [2.05, 4.69) is 16.5 Å². The minimum atomic E-state index is -1.04. The minimum absolute atomic E-state index is 0.101. The molecule has 1 aliphatic heterocycles. The molecule has 0 saturated carbocycles. The maximum atomic E-state index is 14.7. The van der Waals surface area contributed by atoms with Crippen molar-refractivity contribution >= 4 is 46.0 Å². The molecule has 11 heteroatoms. The molecule has 0 saturated heterocycles. The molecule has 48 heavy (non-hydrogen) atoms. The Hall–Kier alpha value is -4.34. The first-order valence-electron chi connectivity index (χ1n) is 16.0. The van der Waals surface area contributed by atoms with Crippen molar-refractivity contribution in [3.63, 3.8) is 0 Å². The van der Waals surface area contributed by atoms with Crippen molar-refractivity contribution in [2.45, 2.75) is 73.0 Å². The summed E-state index contributed by atoms with van der Waals surface area (Å²) in [6, 6.07) is 10.7. The molecule has 0 fully saturated rings. The van der Waals surface area contributed by atoms with Crippen molar-refractivity contribution in [1.82, 2.24) is 24.2 Å². The van der Waals surface area contributed by atoms with Crippen LogP contribution in [0.5, 0.6) is 5.75 Å². The lowest BCUT2D eigenvalue weighted by molar-refractivity contribution is 0.0540. The van der Waals surface area contributed by atoms with Gasteiger partial charge >= 0.3 is 5.97 Å². The number of pyridine rings is 1. The summed E-state index contributed by atoms with van der Waals surface area (Å²) in [6.45, 7) is 12.8. The van der Waals surface area contributed by atoms with Gasteiger partial charge in [-0.05, 0) is 101 Å². The van der Waals surface area contributed by atoms with Gasteiger partial charge in [-0.15, -0.1) is 0 Å². The Morgan fingerprint density at radius 2 is 1.71 bits per heavy atom. The highest BCUT2D eigenvalue weighted by molar-refractivity contribution is 6.35. The molecule has 9 nitrogen and oxygen atoms in total. The average Bonchev–Trinajstić information content (AvgIpc) is 3.51. The van der Waals surface area contributed by atoms with Gasteiger partial charge < -0.3 is 19.3 Å². The normalized spacial score (nSPS) is 16.1. The van der Waals surface area contributed by atoms with Crippen LogP contribution in [0.1, 0.15) is 80.9 Å². The third-order valence-corrected chi connectivity index (χ3v) is 10.6. The number of carboxylic acids is 1. The lowest BCUT2D eigenvalue weighted by atomic mass is 9.98. The standard InChI is InChI=1S/C37H39Cl2N5O4/c1-19-15-27(16-20(2)33(19)39)48-14-8-9-28-29-12-13-30(38)32(31-21(3)41-42(7)24(31)6)34(29)44-23(5)22(4)43(36(45)35(28)44)18-26-11-10-25(17-40-26)37(46)47/h10-13,15-17,22-23H,8-9,14,18H2,1-7H3,(H,46,47). The number of fused-ring (bicyclic) bond motifs is 3. The molecular formula is C37H39Cl2N5O4. The summed E-state index contributed by atoms with van der Waals surface area (Å²) in [4.78, 5) is 32.3. The Balaban J connectivity index is 1.45. The van der Waals surface area contributed by atoms with Gasteiger partial charge in [-0.3, -0.25) is 14.5 Å². The fraction of sp³-hybridized carbons (Fsp3) is 0.351. The van der Waals surface area contributed by atoms with Crippen LogP contribution in [0.2, 0.25) is 10.0 Å². The maximum Gasteiger partial charge on any atom is 0.337 e. The number of aryl methyl sites for hydroxylation is 5. The number of hydrogen-bond donors (Lipinski definition) is 1. The molecule has 0 spiro atoms. The summed E-state index contributed by atoms with van der Waals surface area (Å²) in [5, 5.41) is 16.3. The molecule has 2 aromatic carbocycles. The third-order valence-electron chi connectivity index (χ3n) is 9.69. The van der Waals surface area contributed by atoms with E-state index in [0.29, 0.717) is 35.9 Å². The Kier molecular flexibility index (Phi) is 9.04. The zero-order valence-electron chi connectivity index (χ0n) is 28.2. The maximum absolute atomic E-state index is 14.7. The van der Waals surface area contributed by atoms with E-state index < -0.39 is 5.97 Å². The van der Waals surface area contributed by atoms with Crippen LogP contribution in [0.3, 0.4) is 0 Å². The Bertz CT molecular complexity index is 2060. The van der Waals surface area contributed by atoms with Crippen LogP contribution < -0.4 is 4.74 Å². The summed E-state index contributed by atoms with van der Waals surface area (Å²) >= 11 is 13.4. The molecule has 2 unspecified atom stereocenters. The smallest absolute Gasteiger partial charge is 0.337 e. The molecule has 0 aliphatic carbocycles. The van der Waals surface area contributed by atoms with Gasteiger partial charge in [0.2, 0.25) is 0 Å². The molecule has 3 aromatic heterocycles. The Morgan fingerprint density at radius 1 is 1.00 bits per heavy atom. The van der Waals surface area contributed by atoms with Crippen LogP contribution in [0.25, 0.3) is 22.0 Å². The highest BCUT2D eigenvalue weighted by Crippen LogP contribution is 2.45. The van der Waals surface area contributed by atoms with Crippen LogP contribution in [0, 0.1) is 27.7 Å². The van der Waals surface area contributed by atoms with E-state index in [0.717, 1.165) is 60.9 Å². The van der Waals surface area contributed by atoms with Crippen molar-refractivity contribution in [1.29, 1.82) is 0 Å². The van der Waals surface area contributed by atoms with Gasteiger partial charge in [0, 0.05) is 40.5 Å². The zero-order chi connectivity index (χ0) is 34.6. The monoisotopic (exact) mass is 687 g/mol. The van der Waals surface area contributed by atoms with Gasteiger partial charge in [-0.25, -0.2) is 4.79 Å². The van der Waals surface area contributed by atoms with Gasteiger partial charge in [-0.2, -0.15) is 5.10 Å². The number of benzene rings is 2. The molecule has 250 valence electrons. The van der Waals surface area contributed by atoms with Gasteiger partial charge in [0.25, 0.3) is 5.91 Å². The fourth-order valence-electron chi connectivity index (χ4n) is 6.97. The lowest BCUT2D eigenvalue weighted by Gasteiger charge is -2.40. The molecule has 6 rings (SSSR count). The summed E-state index contributed by atoms with van der Waals surface area (Å²) in [5.41, 5.74) is 8.83. The highest BCUT2D eigenvalue weighted by atomic mass is 35.5. The number of ether oxygens (including phenoxy) is 1. The van der Waals surface area contributed by atoms with Crippen LogP contribution >= 0.6 is 23.2 Å². The van der Waals surface area contributed by atoms with E-state index in [9.17, 15) is 14.7 Å². The van der Waals surface area contributed by atoms with Crippen LogP contribution in [-0.2, 0) is 20.0 Å². The van der Waals surface area contributed by atoms with E-state index >= 15 is 0 Å². The second-order valence-corrected chi connectivity index (χ2v) is 13.6. The first-order valence-corrected chi connectivity index (χ1v) is 16.8. The number of aromatic nitrogens is 4. The van der Waals surface area contributed by atoms with Crippen LogP contribution in [0.15, 0.2) is 42.6 Å². The number of carboxylic acid groups (broad SMARTS) is 1. The largest absolute Gasteiger partial charge is 0.494 e. The van der Waals surface area contributed by atoms with Gasteiger partial charge in [0.05, 0.1) is 52.7 Å². The SMILES string of the molecule is Cc1cc(OCCCc2c3n(c4c(-c5c(C)nn(C)c5C)c(Cl)ccc24)C(C)C(C)N(Cc2ccc(C(=O)O)cn2)C3=O)cc(C)c1Cl. The van der Waals surface area contributed by atoms with Crippen molar-refractivity contribution in [3.8, 4) is 16.9 Å². The van der Waals surface area contributed by atoms with Crippen molar-refractivity contribution in [2.24, 2.45) is 7.05 Å². The van der Waals surface area contributed by atoms with Crippen molar-refractivity contribution in [3.05, 3.63) is 97.7 Å². The first kappa shape index (κ1) is 33.6. The molecular weight excluding hydrogens is 649 g/mol. The number of carbonyl (C=O) groups excluding carboxylic acids is 1. The van der Waals surface area contributed by atoms with E-state index in [1.807, 2.05) is 75.5 Å². The second kappa shape index (κ2) is 12.9. The van der Waals surface area contributed by atoms with Crippen molar-refractivity contribution < 1.29 is 19.4 Å². The fourth-order valence-corrected chi connectivity index (χ4v) is 7.33. The number of carbonyl (C=O) groups is 2. The number of halogens is 2. The van der Waals surface area contributed by atoms with Crippen LogP contribution in [0.4, 0.5) is 0 Å². The minimum Gasteiger partial charge on any atom is -0.494 e. The average molecular weight is 689 g/mol. The number of hydrogen-bond acceptors (Lipinski definition) is 5. The molecule has 5 aromatic rings. The topological polar surface area (TPSA) is 102 Å². The predicted molar refractivity (Wildman–Crippen MR) is 189 cm³/mol. The molecule has 4 heterocycles. The van der Waals surface area contributed by atoms with Crippen molar-refractivity contribution in [2.75, 3.05) is 6.61 Å². The van der Waals surface area contributed by atoms with Gasteiger partial charge in [0.15, 0.2) is 0 Å².